The first kappa shape index (κ1) is 11.9. The molecular weight excluding hydrogens is 268 g/mol. The molecule has 0 aromatic carbocycles. The normalized spacial score (nSPS) is 10.3. The lowest BCUT2D eigenvalue weighted by molar-refractivity contribution is 0.146. The van der Waals surface area contributed by atoms with E-state index in [1.54, 1.807) is 0 Å². The van der Waals surface area contributed by atoms with Crippen LogP contribution >= 0.6 is 15.9 Å². The van der Waals surface area contributed by atoms with Crippen LogP contribution in [-0.4, -0.2) is 4.98 Å². The fraction of sp³-hybridized carbons (Fsp3) is 0.333. The van der Waals surface area contributed by atoms with Gasteiger partial charge in [0.1, 0.15) is 11.5 Å². The van der Waals surface area contributed by atoms with Gasteiger partial charge in [-0.05, 0) is 11.6 Å². The molecule has 0 unspecified atom stereocenters. The van der Waals surface area contributed by atoms with E-state index in [1.165, 1.54) is 6.07 Å². The molecule has 2 N–H and O–H groups in total. The summed E-state index contributed by atoms with van der Waals surface area (Å²) >= 11 is 3.16. The highest BCUT2D eigenvalue weighted by Crippen LogP contribution is 2.25. The highest BCUT2D eigenvalue weighted by atomic mass is 79.9. The number of anilines is 1. The van der Waals surface area contributed by atoms with Crippen molar-refractivity contribution < 1.29 is 8.78 Å². The van der Waals surface area contributed by atoms with E-state index in [1.807, 2.05) is 6.07 Å². The molecular formula is C9H8BrF2N3. The Bertz CT molecular complexity index is 401. The minimum absolute atomic E-state index is 0.00352. The van der Waals surface area contributed by atoms with Crippen LogP contribution in [0.1, 0.15) is 23.2 Å². The third-order valence-electron chi connectivity index (χ3n) is 1.89. The van der Waals surface area contributed by atoms with Gasteiger partial charge in [0.2, 0.25) is 0 Å². The van der Waals surface area contributed by atoms with Gasteiger partial charge in [0.05, 0.1) is 12.5 Å². The number of nitrogen functional groups attached to an aromatic ring is 1. The van der Waals surface area contributed by atoms with E-state index in [-0.39, 0.29) is 17.9 Å². The van der Waals surface area contributed by atoms with Gasteiger partial charge < -0.3 is 5.73 Å². The number of nitrogens with two attached hydrogens (primary N) is 1. The van der Waals surface area contributed by atoms with Crippen LogP contribution in [-0.2, 0) is 11.8 Å². The lowest BCUT2D eigenvalue weighted by atomic mass is 10.1. The second kappa shape index (κ2) is 5.03. The fourth-order valence-electron chi connectivity index (χ4n) is 1.18. The standard InChI is InChI=1S/C9H8BrF2N3/c10-4-5-3-7(8(11)12)15-9(14)6(5)1-2-13/h3,8H,1,4H2,(H2,14,15). The summed E-state index contributed by atoms with van der Waals surface area (Å²) in [6.07, 6.45) is -2.58. The summed E-state index contributed by atoms with van der Waals surface area (Å²) in [5.74, 6) is 0.00352. The molecule has 0 saturated heterocycles. The molecule has 0 atom stereocenters. The predicted octanol–water partition coefficient (Wildman–Crippen LogP) is 2.56. The number of nitrogens with zero attached hydrogens (tertiary/aromatic N) is 2. The van der Waals surface area contributed by atoms with E-state index in [0.717, 1.165) is 0 Å². The third-order valence-corrected chi connectivity index (χ3v) is 2.50. The summed E-state index contributed by atoms with van der Waals surface area (Å²) < 4.78 is 24.8. The molecule has 0 amide bonds. The SMILES string of the molecule is N#CCc1c(CBr)cc(C(F)F)nc1N. The highest BCUT2D eigenvalue weighted by molar-refractivity contribution is 9.08. The van der Waals surface area contributed by atoms with Gasteiger partial charge in [-0.25, -0.2) is 13.8 Å². The average Bonchev–Trinajstić information content (AvgIpc) is 2.20. The monoisotopic (exact) mass is 275 g/mol. The fourth-order valence-corrected chi connectivity index (χ4v) is 1.68. The summed E-state index contributed by atoms with van der Waals surface area (Å²) in [7, 11) is 0. The summed E-state index contributed by atoms with van der Waals surface area (Å²) in [6, 6.07) is 3.19. The Morgan fingerprint density at radius 3 is 2.73 bits per heavy atom. The van der Waals surface area contributed by atoms with Crippen LogP contribution in [0, 0.1) is 11.3 Å². The number of rotatable bonds is 3. The number of pyridine rings is 1. The minimum Gasteiger partial charge on any atom is -0.383 e. The Morgan fingerprint density at radius 1 is 1.60 bits per heavy atom. The number of aromatic nitrogens is 1. The molecule has 1 rings (SSSR count). The summed E-state index contributed by atoms with van der Waals surface area (Å²) in [5.41, 5.74) is 6.24. The van der Waals surface area contributed by atoms with E-state index >= 15 is 0 Å². The van der Waals surface area contributed by atoms with Gasteiger partial charge in [0, 0.05) is 10.9 Å². The molecule has 80 valence electrons. The zero-order chi connectivity index (χ0) is 11.4. The van der Waals surface area contributed by atoms with Gasteiger partial charge in [0.15, 0.2) is 0 Å². The molecule has 0 bridgehead atoms. The molecule has 1 heterocycles. The number of halogens is 3. The molecule has 6 heteroatoms. The van der Waals surface area contributed by atoms with Crippen LogP contribution in [0.4, 0.5) is 14.6 Å². The van der Waals surface area contributed by atoms with Crippen molar-refractivity contribution in [2.24, 2.45) is 0 Å². The highest BCUT2D eigenvalue weighted by Gasteiger charge is 2.15. The van der Waals surface area contributed by atoms with Gasteiger partial charge in [-0.3, -0.25) is 0 Å². The van der Waals surface area contributed by atoms with Crippen molar-refractivity contribution in [2.75, 3.05) is 5.73 Å². The second-order valence-electron chi connectivity index (χ2n) is 2.84. The first-order valence-corrected chi connectivity index (χ1v) is 5.21. The lowest BCUT2D eigenvalue weighted by Gasteiger charge is -2.09. The third kappa shape index (κ3) is 2.63. The molecule has 15 heavy (non-hydrogen) atoms. The Balaban J connectivity index is 3.25. The van der Waals surface area contributed by atoms with Crippen LogP contribution in [0.2, 0.25) is 0 Å². The van der Waals surface area contributed by atoms with Crippen LogP contribution < -0.4 is 5.73 Å². The zero-order valence-electron chi connectivity index (χ0n) is 7.67. The minimum atomic E-state index is -2.65. The molecule has 0 aliphatic heterocycles. The van der Waals surface area contributed by atoms with E-state index in [4.69, 9.17) is 11.0 Å². The Labute approximate surface area is 94.0 Å². The number of hydrogen-bond donors (Lipinski definition) is 1. The van der Waals surface area contributed by atoms with Gasteiger partial charge in [0.25, 0.3) is 6.43 Å². The predicted molar refractivity (Wildman–Crippen MR) is 55.6 cm³/mol. The quantitative estimate of drug-likeness (QED) is 0.863. The Kier molecular flexibility index (Phi) is 3.97. The molecule has 3 nitrogen and oxygen atoms in total. The van der Waals surface area contributed by atoms with Crippen molar-refractivity contribution >= 4 is 21.7 Å². The Morgan fingerprint density at radius 2 is 2.27 bits per heavy atom. The number of nitriles is 1. The largest absolute Gasteiger partial charge is 0.383 e. The zero-order valence-corrected chi connectivity index (χ0v) is 9.26. The van der Waals surface area contributed by atoms with Crippen molar-refractivity contribution in [3.05, 3.63) is 22.9 Å². The van der Waals surface area contributed by atoms with E-state index in [2.05, 4.69) is 20.9 Å². The topological polar surface area (TPSA) is 62.7 Å². The van der Waals surface area contributed by atoms with Gasteiger partial charge in [-0.15, -0.1) is 0 Å². The van der Waals surface area contributed by atoms with Crippen LogP contribution in [0.15, 0.2) is 6.07 Å². The summed E-state index contributed by atoms with van der Waals surface area (Å²) in [5, 5.41) is 8.92. The molecule has 0 aliphatic rings. The van der Waals surface area contributed by atoms with Crippen molar-refractivity contribution in [2.45, 2.75) is 18.2 Å². The maximum atomic E-state index is 12.4. The maximum Gasteiger partial charge on any atom is 0.280 e. The maximum absolute atomic E-state index is 12.4. The van der Waals surface area contributed by atoms with Gasteiger partial charge >= 0.3 is 0 Å². The molecule has 0 fully saturated rings. The summed E-state index contributed by atoms with van der Waals surface area (Å²) in [6.45, 7) is 0. The first-order chi connectivity index (χ1) is 7.10. The van der Waals surface area contributed by atoms with E-state index in [9.17, 15) is 8.78 Å². The molecule has 0 saturated carbocycles. The van der Waals surface area contributed by atoms with E-state index < -0.39 is 6.43 Å². The van der Waals surface area contributed by atoms with E-state index in [0.29, 0.717) is 16.5 Å². The van der Waals surface area contributed by atoms with Crippen LogP contribution in [0.3, 0.4) is 0 Å². The molecule has 1 aromatic heterocycles. The average molecular weight is 276 g/mol. The Hall–Kier alpha value is -1.22. The molecule has 0 radical (unpaired) electrons. The van der Waals surface area contributed by atoms with Crippen molar-refractivity contribution in [1.29, 1.82) is 5.26 Å². The molecule has 0 aliphatic carbocycles. The molecule has 0 spiro atoms. The smallest absolute Gasteiger partial charge is 0.280 e. The first-order valence-electron chi connectivity index (χ1n) is 4.09. The second-order valence-corrected chi connectivity index (χ2v) is 3.40. The van der Waals surface area contributed by atoms with Crippen LogP contribution in [0.5, 0.6) is 0 Å². The molecule has 1 aromatic rings. The number of alkyl halides is 3. The van der Waals surface area contributed by atoms with Crippen LogP contribution in [0.25, 0.3) is 0 Å². The van der Waals surface area contributed by atoms with Crippen molar-refractivity contribution in [3.63, 3.8) is 0 Å². The number of hydrogen-bond acceptors (Lipinski definition) is 3. The van der Waals surface area contributed by atoms with Crippen molar-refractivity contribution in [1.82, 2.24) is 4.98 Å². The van der Waals surface area contributed by atoms with Gasteiger partial charge in [-0.2, -0.15) is 5.26 Å². The van der Waals surface area contributed by atoms with Crippen molar-refractivity contribution in [3.8, 4) is 6.07 Å². The summed E-state index contributed by atoms with van der Waals surface area (Å²) in [4.78, 5) is 3.56. The lowest BCUT2D eigenvalue weighted by Crippen LogP contribution is -2.05. The van der Waals surface area contributed by atoms with Gasteiger partial charge in [-0.1, -0.05) is 15.9 Å².